The zero-order valence-electron chi connectivity index (χ0n) is 24.0. The third-order valence-electron chi connectivity index (χ3n) is 6.98. The Kier molecular flexibility index (Phi) is 11.1. The first-order valence-corrected chi connectivity index (χ1v) is 16.8. The molecule has 1 unspecified atom stereocenters. The normalized spacial score (nSPS) is 15.5. The van der Waals surface area contributed by atoms with E-state index in [1.165, 1.54) is 41.5 Å². The van der Waals surface area contributed by atoms with Crippen molar-refractivity contribution in [2.75, 3.05) is 39.9 Å². The van der Waals surface area contributed by atoms with Crippen LogP contribution in [0.4, 0.5) is 0 Å². The van der Waals surface area contributed by atoms with E-state index in [9.17, 15) is 22.8 Å². The fourth-order valence-electron chi connectivity index (χ4n) is 4.87. The molecular formula is C29H34Cl2N4O6S2. The maximum absolute atomic E-state index is 13.6. The van der Waals surface area contributed by atoms with Gasteiger partial charge in [-0.2, -0.15) is 4.72 Å². The molecule has 0 saturated carbocycles. The van der Waals surface area contributed by atoms with Crippen LogP contribution in [0.5, 0.6) is 0 Å². The summed E-state index contributed by atoms with van der Waals surface area (Å²) in [6.07, 6.45) is 0.458. The fourth-order valence-corrected chi connectivity index (χ4v) is 7.78. The van der Waals surface area contributed by atoms with Crippen molar-refractivity contribution in [1.29, 1.82) is 0 Å². The van der Waals surface area contributed by atoms with E-state index in [0.29, 0.717) is 11.3 Å². The van der Waals surface area contributed by atoms with Crippen LogP contribution in [0.3, 0.4) is 0 Å². The monoisotopic (exact) mass is 668 g/mol. The highest BCUT2D eigenvalue weighted by molar-refractivity contribution is 7.89. The lowest BCUT2D eigenvalue weighted by atomic mass is 10.0. The van der Waals surface area contributed by atoms with Crippen LogP contribution in [0.15, 0.2) is 53.4 Å². The van der Waals surface area contributed by atoms with Gasteiger partial charge in [-0.3, -0.25) is 14.4 Å². The highest BCUT2D eigenvalue weighted by Gasteiger charge is 2.35. The number of amides is 3. The summed E-state index contributed by atoms with van der Waals surface area (Å²) < 4.78 is 34.6. The quantitative estimate of drug-likeness (QED) is 0.318. The van der Waals surface area contributed by atoms with Crippen LogP contribution in [-0.4, -0.2) is 87.9 Å². The number of sulfonamides is 1. The predicted molar refractivity (Wildman–Crippen MR) is 168 cm³/mol. The van der Waals surface area contributed by atoms with Crippen molar-refractivity contribution in [3.8, 4) is 0 Å². The van der Waals surface area contributed by atoms with Gasteiger partial charge in [0.05, 0.1) is 16.5 Å². The summed E-state index contributed by atoms with van der Waals surface area (Å²) in [4.78, 5) is 43.5. The van der Waals surface area contributed by atoms with Crippen molar-refractivity contribution in [1.82, 2.24) is 19.8 Å². The van der Waals surface area contributed by atoms with E-state index in [4.69, 9.17) is 27.9 Å². The molecule has 14 heteroatoms. The number of benzene rings is 2. The van der Waals surface area contributed by atoms with E-state index in [2.05, 4.69) is 10.0 Å². The van der Waals surface area contributed by atoms with E-state index in [1.54, 1.807) is 4.90 Å². The van der Waals surface area contributed by atoms with Crippen LogP contribution >= 0.6 is 34.5 Å². The molecule has 43 heavy (non-hydrogen) atoms. The molecule has 1 aliphatic rings. The van der Waals surface area contributed by atoms with Gasteiger partial charge < -0.3 is 19.9 Å². The molecule has 0 radical (unpaired) electrons. The lowest BCUT2D eigenvalue weighted by Gasteiger charge is -2.38. The van der Waals surface area contributed by atoms with Gasteiger partial charge in [-0.1, -0.05) is 55.2 Å². The molecule has 1 saturated heterocycles. The summed E-state index contributed by atoms with van der Waals surface area (Å²) in [6, 6.07) is 11.6. The van der Waals surface area contributed by atoms with Gasteiger partial charge in [0.1, 0.15) is 17.0 Å². The number of hydrogen-bond donors (Lipinski definition) is 2. The van der Waals surface area contributed by atoms with Gasteiger partial charge in [-0.15, -0.1) is 11.3 Å². The fraction of sp³-hybridized carbons (Fsp3) is 0.414. The minimum atomic E-state index is -4.18. The zero-order chi connectivity index (χ0) is 31.3. The number of rotatable bonds is 11. The predicted octanol–water partition coefficient (Wildman–Crippen LogP) is 4.02. The van der Waals surface area contributed by atoms with Gasteiger partial charge in [-0.25, -0.2) is 8.42 Å². The SMILES string of the molecule is COCC(NS(=O)(=O)c1ccc(Cl)cc1Cl)C(=O)N1CCN(C(=O)[C@H](CC(C)C)NC(=O)c2cc3ccccc3s2)CC1. The molecule has 0 aliphatic carbocycles. The summed E-state index contributed by atoms with van der Waals surface area (Å²) >= 11 is 13.4. The third-order valence-corrected chi connectivity index (χ3v) is 10.3. The highest BCUT2D eigenvalue weighted by atomic mass is 35.5. The second-order valence-electron chi connectivity index (χ2n) is 10.7. The van der Waals surface area contributed by atoms with E-state index in [1.807, 2.05) is 44.2 Å². The molecule has 0 bridgehead atoms. The zero-order valence-corrected chi connectivity index (χ0v) is 27.2. The first-order chi connectivity index (χ1) is 20.4. The van der Waals surface area contributed by atoms with E-state index < -0.39 is 28.0 Å². The van der Waals surface area contributed by atoms with Crippen LogP contribution in [0.2, 0.25) is 10.0 Å². The van der Waals surface area contributed by atoms with E-state index in [-0.39, 0.29) is 65.5 Å². The number of methoxy groups -OCH3 is 1. The molecule has 232 valence electrons. The van der Waals surface area contributed by atoms with Gasteiger partial charge >= 0.3 is 0 Å². The Balaban J connectivity index is 1.40. The molecule has 3 amide bonds. The van der Waals surface area contributed by atoms with Crippen molar-refractivity contribution < 1.29 is 27.5 Å². The molecule has 2 atom stereocenters. The maximum Gasteiger partial charge on any atom is 0.262 e. The molecule has 1 aromatic heterocycles. The Hall–Kier alpha value is -2.74. The molecule has 2 heterocycles. The number of piperazine rings is 1. The summed E-state index contributed by atoms with van der Waals surface area (Å²) in [5.41, 5.74) is 0. The third kappa shape index (κ3) is 8.25. The minimum absolute atomic E-state index is 0.0776. The van der Waals surface area contributed by atoms with Crippen LogP contribution < -0.4 is 10.0 Å². The molecule has 4 rings (SSSR count). The van der Waals surface area contributed by atoms with Gasteiger partial charge in [0.25, 0.3) is 5.91 Å². The lowest BCUT2D eigenvalue weighted by molar-refractivity contribution is -0.142. The molecular weight excluding hydrogens is 635 g/mol. The van der Waals surface area contributed by atoms with E-state index >= 15 is 0 Å². The topological polar surface area (TPSA) is 125 Å². The number of nitrogens with one attached hydrogen (secondary N) is 2. The standard InChI is InChI=1S/C29H34Cl2N4O6S2/c1-18(2)14-22(32-27(36)25-15-19-6-4-5-7-24(19)42-25)28(37)34-10-12-35(13-11-34)29(38)23(17-41-3)33-43(39,40)26-9-8-20(30)16-21(26)31/h4-9,15-16,18,22-23,33H,10-14,17H2,1-3H3,(H,32,36)/t22-,23?/m0/s1. The molecule has 3 aromatic rings. The molecule has 0 spiro atoms. The second kappa shape index (κ2) is 14.4. The van der Waals surface area contributed by atoms with Gasteiger partial charge in [-0.05, 0) is 48.1 Å². The number of hydrogen-bond acceptors (Lipinski definition) is 7. The van der Waals surface area contributed by atoms with Gasteiger partial charge in [0, 0.05) is 43.0 Å². The van der Waals surface area contributed by atoms with Gasteiger partial charge in [0.15, 0.2) is 0 Å². The Morgan fingerprint density at radius 3 is 2.16 bits per heavy atom. The Bertz CT molecular complexity index is 1560. The summed E-state index contributed by atoms with van der Waals surface area (Å²) in [5.74, 6) is -0.859. The smallest absolute Gasteiger partial charge is 0.262 e. The van der Waals surface area contributed by atoms with Crippen molar-refractivity contribution in [2.24, 2.45) is 5.92 Å². The molecule has 10 nitrogen and oxygen atoms in total. The van der Waals surface area contributed by atoms with Crippen molar-refractivity contribution in [2.45, 2.75) is 37.2 Å². The second-order valence-corrected chi connectivity index (χ2v) is 14.3. The minimum Gasteiger partial charge on any atom is -0.382 e. The Labute approximate surface area is 265 Å². The maximum atomic E-state index is 13.6. The Morgan fingerprint density at radius 2 is 1.58 bits per heavy atom. The summed E-state index contributed by atoms with van der Waals surface area (Å²) in [6.45, 7) is 4.59. The van der Waals surface area contributed by atoms with Crippen LogP contribution in [-0.2, 0) is 24.3 Å². The lowest BCUT2D eigenvalue weighted by Crippen LogP contribution is -2.59. The highest BCUT2D eigenvalue weighted by Crippen LogP contribution is 2.26. The largest absolute Gasteiger partial charge is 0.382 e. The summed E-state index contributed by atoms with van der Waals surface area (Å²) in [7, 11) is -2.81. The average Bonchev–Trinajstić information content (AvgIpc) is 3.40. The summed E-state index contributed by atoms with van der Waals surface area (Å²) in [5, 5.41) is 4.09. The first-order valence-electron chi connectivity index (χ1n) is 13.7. The van der Waals surface area contributed by atoms with Crippen LogP contribution in [0.25, 0.3) is 10.1 Å². The molecule has 1 aliphatic heterocycles. The van der Waals surface area contributed by atoms with Crippen LogP contribution in [0, 0.1) is 5.92 Å². The molecule has 2 N–H and O–H groups in total. The number of thiophene rings is 1. The Morgan fingerprint density at radius 1 is 0.953 bits per heavy atom. The molecule has 1 fully saturated rings. The number of halogens is 2. The van der Waals surface area contributed by atoms with Crippen molar-refractivity contribution >= 4 is 72.4 Å². The van der Waals surface area contributed by atoms with Crippen LogP contribution in [0.1, 0.15) is 29.9 Å². The van der Waals surface area contributed by atoms with Crippen molar-refractivity contribution in [3.63, 3.8) is 0 Å². The first kappa shape index (κ1) is 33.2. The number of carbonyl (C=O) groups excluding carboxylic acids is 3. The molecule has 2 aromatic carbocycles. The number of nitrogens with zero attached hydrogens (tertiary/aromatic N) is 2. The number of carbonyl (C=O) groups is 3. The van der Waals surface area contributed by atoms with Gasteiger partial charge in [0.2, 0.25) is 21.8 Å². The number of ether oxygens (including phenoxy) is 1. The van der Waals surface area contributed by atoms with Crippen molar-refractivity contribution in [3.05, 3.63) is 63.5 Å². The number of fused-ring (bicyclic) bond motifs is 1. The van der Waals surface area contributed by atoms with E-state index in [0.717, 1.165) is 10.1 Å². The average molecular weight is 670 g/mol.